The predicted molar refractivity (Wildman–Crippen MR) is 133 cm³/mol. The summed E-state index contributed by atoms with van der Waals surface area (Å²) in [6, 6.07) is 29.4. The van der Waals surface area contributed by atoms with Crippen LogP contribution < -0.4 is 10.1 Å². The Kier molecular flexibility index (Phi) is 4.93. The quantitative estimate of drug-likeness (QED) is 0.320. The molecular formula is C28H17FN2O2S. The van der Waals surface area contributed by atoms with Crippen molar-refractivity contribution in [3.63, 3.8) is 0 Å². The molecule has 6 heteroatoms. The molecule has 0 spiro atoms. The summed E-state index contributed by atoms with van der Waals surface area (Å²) in [5, 5.41) is 0. The third kappa shape index (κ3) is 3.54. The minimum Gasteiger partial charge on any atom is -0.457 e. The van der Waals surface area contributed by atoms with Crippen molar-refractivity contribution in [3.05, 3.63) is 124 Å². The zero-order chi connectivity index (χ0) is 23.1. The van der Waals surface area contributed by atoms with Crippen LogP contribution in [0.3, 0.4) is 0 Å². The Morgan fingerprint density at radius 3 is 2.18 bits per heavy atom. The van der Waals surface area contributed by atoms with Crippen LogP contribution in [0.2, 0.25) is 0 Å². The van der Waals surface area contributed by atoms with E-state index in [4.69, 9.17) is 9.40 Å². The first-order valence-corrected chi connectivity index (χ1v) is 11.5. The highest BCUT2D eigenvalue weighted by molar-refractivity contribution is 7.15. The average molecular weight is 465 g/mol. The van der Waals surface area contributed by atoms with Gasteiger partial charge in [-0.15, -0.1) is 0 Å². The zero-order valence-electron chi connectivity index (χ0n) is 17.8. The molecule has 0 saturated carbocycles. The lowest BCUT2D eigenvalue weighted by atomic mass is 10.1. The monoisotopic (exact) mass is 464 g/mol. The number of nitrogens with zero attached hydrogens (tertiary/aromatic N) is 2. The van der Waals surface area contributed by atoms with E-state index in [2.05, 4.69) is 0 Å². The maximum atomic E-state index is 13.5. The van der Waals surface area contributed by atoms with E-state index in [0.29, 0.717) is 21.0 Å². The van der Waals surface area contributed by atoms with E-state index in [9.17, 15) is 9.18 Å². The third-order valence-electron chi connectivity index (χ3n) is 5.59. The average Bonchev–Trinajstić information content (AvgIpc) is 3.57. The van der Waals surface area contributed by atoms with Gasteiger partial charge in [-0.1, -0.05) is 72.0 Å². The van der Waals surface area contributed by atoms with Crippen LogP contribution in [0.1, 0.15) is 5.76 Å². The molecule has 6 aromatic rings. The third-order valence-corrected chi connectivity index (χ3v) is 6.55. The number of benzene rings is 3. The molecule has 0 aliphatic carbocycles. The molecule has 0 fully saturated rings. The van der Waals surface area contributed by atoms with Crippen LogP contribution in [0.25, 0.3) is 44.9 Å². The highest BCUT2D eigenvalue weighted by Crippen LogP contribution is 2.32. The number of aromatic nitrogens is 2. The van der Waals surface area contributed by atoms with Gasteiger partial charge in [0.15, 0.2) is 4.96 Å². The van der Waals surface area contributed by atoms with E-state index >= 15 is 0 Å². The molecule has 4 nitrogen and oxygen atoms in total. The molecule has 0 amide bonds. The van der Waals surface area contributed by atoms with Gasteiger partial charge in [0, 0.05) is 22.8 Å². The molecule has 3 aromatic carbocycles. The van der Waals surface area contributed by atoms with Crippen molar-refractivity contribution in [2.75, 3.05) is 0 Å². The van der Waals surface area contributed by atoms with Crippen molar-refractivity contribution in [3.8, 4) is 33.8 Å². The van der Waals surface area contributed by atoms with Crippen molar-refractivity contribution < 1.29 is 8.81 Å². The molecule has 0 aliphatic rings. The van der Waals surface area contributed by atoms with E-state index in [1.165, 1.54) is 23.5 Å². The van der Waals surface area contributed by atoms with Crippen molar-refractivity contribution in [1.82, 2.24) is 9.38 Å². The van der Waals surface area contributed by atoms with Crippen molar-refractivity contribution in [2.24, 2.45) is 0 Å². The van der Waals surface area contributed by atoms with Gasteiger partial charge in [-0.25, -0.2) is 13.8 Å². The molecule has 3 aromatic heterocycles. The van der Waals surface area contributed by atoms with Gasteiger partial charge >= 0.3 is 0 Å². The summed E-state index contributed by atoms with van der Waals surface area (Å²) in [7, 11) is 0. The second kappa shape index (κ2) is 8.24. The summed E-state index contributed by atoms with van der Waals surface area (Å²) in [5.74, 6) is 0.853. The Bertz CT molecular complexity index is 1720. The van der Waals surface area contributed by atoms with Crippen LogP contribution in [0.15, 0.2) is 106 Å². The second-order valence-corrected chi connectivity index (χ2v) is 8.79. The largest absolute Gasteiger partial charge is 0.457 e. The van der Waals surface area contributed by atoms with Crippen molar-refractivity contribution in [1.29, 1.82) is 0 Å². The summed E-state index contributed by atoms with van der Waals surface area (Å²) < 4.78 is 21.3. The summed E-state index contributed by atoms with van der Waals surface area (Å²) in [6.07, 6.45) is 1.73. The summed E-state index contributed by atoms with van der Waals surface area (Å²) in [6.45, 7) is 0. The Labute approximate surface area is 197 Å². The number of halogens is 1. The Morgan fingerprint density at radius 1 is 0.794 bits per heavy atom. The standard InChI is InChI=1S/C28H17FN2O2S/c29-21-13-11-18(12-14-21)23-16-15-22(33-23)17-24-27(32)31-26(20-9-5-2-6-10-20)25(30-28(31)34-24)19-7-3-1-4-8-19/h1-17H/b24-17+. The number of fused-ring (bicyclic) bond motifs is 1. The molecular weight excluding hydrogens is 447 g/mol. The molecule has 6 rings (SSSR count). The zero-order valence-corrected chi connectivity index (χ0v) is 18.6. The maximum absolute atomic E-state index is 13.5. The van der Waals surface area contributed by atoms with E-state index in [0.717, 1.165) is 28.1 Å². The van der Waals surface area contributed by atoms with Crippen molar-refractivity contribution in [2.45, 2.75) is 0 Å². The van der Waals surface area contributed by atoms with E-state index in [1.807, 2.05) is 66.7 Å². The molecule has 0 bridgehead atoms. The van der Waals surface area contributed by atoms with E-state index in [1.54, 1.807) is 28.7 Å². The van der Waals surface area contributed by atoms with Gasteiger partial charge < -0.3 is 4.42 Å². The van der Waals surface area contributed by atoms with Gasteiger partial charge in [0.05, 0.1) is 11.4 Å². The summed E-state index contributed by atoms with van der Waals surface area (Å²) in [4.78, 5) is 19.0. The van der Waals surface area contributed by atoms with Gasteiger partial charge in [0.2, 0.25) is 0 Å². The molecule has 0 atom stereocenters. The second-order valence-electron chi connectivity index (χ2n) is 7.78. The lowest BCUT2D eigenvalue weighted by Gasteiger charge is -2.04. The fraction of sp³-hybridized carbons (Fsp3) is 0. The first kappa shape index (κ1) is 20.3. The lowest BCUT2D eigenvalue weighted by Crippen LogP contribution is -2.23. The number of imidazole rings is 1. The lowest BCUT2D eigenvalue weighted by molar-refractivity contribution is 0.571. The predicted octanol–water partition coefficient (Wildman–Crippen LogP) is 6.04. The van der Waals surface area contributed by atoms with Crippen LogP contribution in [0.5, 0.6) is 0 Å². The van der Waals surface area contributed by atoms with E-state index in [-0.39, 0.29) is 11.4 Å². The van der Waals surface area contributed by atoms with E-state index < -0.39 is 0 Å². The highest BCUT2D eigenvalue weighted by Gasteiger charge is 2.20. The van der Waals surface area contributed by atoms with Gasteiger partial charge in [0.1, 0.15) is 21.9 Å². The molecule has 0 unspecified atom stereocenters. The fourth-order valence-electron chi connectivity index (χ4n) is 3.99. The number of hydrogen-bond acceptors (Lipinski definition) is 4. The maximum Gasteiger partial charge on any atom is 0.275 e. The topological polar surface area (TPSA) is 47.5 Å². The first-order valence-electron chi connectivity index (χ1n) is 10.7. The summed E-state index contributed by atoms with van der Waals surface area (Å²) in [5.41, 5.74) is 4.05. The Morgan fingerprint density at radius 2 is 1.47 bits per heavy atom. The minimum atomic E-state index is -0.302. The fourth-order valence-corrected chi connectivity index (χ4v) is 4.94. The molecule has 164 valence electrons. The number of thiazole rings is 1. The van der Waals surface area contributed by atoms with Crippen LogP contribution in [0.4, 0.5) is 4.39 Å². The summed E-state index contributed by atoms with van der Waals surface area (Å²) >= 11 is 1.32. The van der Waals surface area contributed by atoms with Gasteiger partial charge in [-0.3, -0.25) is 4.79 Å². The normalized spacial score (nSPS) is 12.0. The molecule has 3 heterocycles. The smallest absolute Gasteiger partial charge is 0.275 e. The van der Waals surface area contributed by atoms with Gasteiger partial charge in [-0.05, 0) is 36.4 Å². The minimum absolute atomic E-state index is 0.145. The Balaban J connectivity index is 1.50. The number of hydrogen-bond donors (Lipinski definition) is 0. The van der Waals surface area contributed by atoms with Crippen LogP contribution in [0, 0.1) is 5.82 Å². The van der Waals surface area contributed by atoms with Crippen LogP contribution in [-0.4, -0.2) is 9.38 Å². The van der Waals surface area contributed by atoms with Crippen LogP contribution in [-0.2, 0) is 0 Å². The van der Waals surface area contributed by atoms with Crippen LogP contribution >= 0.6 is 11.3 Å². The van der Waals surface area contributed by atoms with Gasteiger partial charge in [0.25, 0.3) is 5.56 Å². The Hall–Kier alpha value is -4.29. The molecule has 0 radical (unpaired) electrons. The highest BCUT2D eigenvalue weighted by atomic mass is 32.1. The molecule has 0 aliphatic heterocycles. The number of rotatable bonds is 4. The number of furan rings is 1. The van der Waals surface area contributed by atoms with Crippen molar-refractivity contribution >= 4 is 22.4 Å². The first-order chi connectivity index (χ1) is 16.7. The SMILES string of the molecule is O=c1/c(=C\c2ccc(-c3ccc(F)cc3)o2)sc2nc(-c3ccccc3)c(-c3ccccc3)n12. The molecule has 34 heavy (non-hydrogen) atoms. The molecule has 0 N–H and O–H groups in total. The van der Waals surface area contributed by atoms with Gasteiger partial charge in [-0.2, -0.15) is 0 Å². The molecule has 0 saturated heterocycles.